The van der Waals surface area contributed by atoms with Crippen molar-refractivity contribution < 1.29 is 4.42 Å². The van der Waals surface area contributed by atoms with Crippen molar-refractivity contribution in [3.05, 3.63) is 247 Å². The maximum absolute atomic E-state index is 6.52. The van der Waals surface area contributed by atoms with Crippen LogP contribution in [0.25, 0.3) is 77.2 Å². The van der Waals surface area contributed by atoms with Crippen molar-refractivity contribution in [1.82, 2.24) is 0 Å². The quantitative estimate of drug-likeness (QED) is 0.173. The fourth-order valence-electron chi connectivity index (χ4n) is 10.6. The smallest absolute Gasteiger partial charge is 0.137 e. The van der Waals surface area contributed by atoms with Crippen molar-refractivity contribution in [2.75, 3.05) is 4.90 Å². The van der Waals surface area contributed by atoms with Crippen molar-refractivity contribution >= 4 is 49.8 Å². The van der Waals surface area contributed by atoms with E-state index < -0.39 is 5.41 Å². The van der Waals surface area contributed by atoms with Crippen LogP contribution >= 0.6 is 0 Å². The Morgan fingerprint density at radius 1 is 0.328 bits per heavy atom. The summed E-state index contributed by atoms with van der Waals surface area (Å²) in [6.07, 6.45) is 0. The van der Waals surface area contributed by atoms with E-state index in [0.29, 0.717) is 0 Å². The highest BCUT2D eigenvalue weighted by Crippen LogP contribution is 2.64. The summed E-state index contributed by atoms with van der Waals surface area (Å²) >= 11 is 0. The number of rotatable bonds is 5. The number of nitrogens with zero attached hydrogens (tertiary/aromatic N) is 1. The van der Waals surface area contributed by atoms with Gasteiger partial charge in [-0.1, -0.05) is 170 Å². The molecule has 1 aromatic heterocycles. The normalized spacial score (nSPS) is 14.6. The Kier molecular flexibility index (Phi) is 7.26. The third-order valence-electron chi connectivity index (χ3n) is 13.3. The molecule has 2 nitrogen and oxygen atoms in total. The molecule has 284 valence electrons. The van der Waals surface area contributed by atoms with Crippen molar-refractivity contribution in [3.8, 4) is 44.5 Å². The number of fused-ring (bicyclic) bond motifs is 14. The highest BCUT2D eigenvalue weighted by molar-refractivity contribution is 6.13. The van der Waals surface area contributed by atoms with Gasteiger partial charge in [0.25, 0.3) is 0 Å². The fraction of sp³-hybridized carbons (Fsp3) is 0.0169. The minimum absolute atomic E-state index is 0.515. The minimum Gasteiger partial charge on any atom is -0.456 e. The summed E-state index contributed by atoms with van der Waals surface area (Å²) < 4.78 is 6.52. The second-order valence-corrected chi connectivity index (χ2v) is 16.4. The predicted molar refractivity (Wildman–Crippen MR) is 253 cm³/mol. The lowest BCUT2D eigenvalue weighted by Crippen LogP contribution is -2.26. The molecule has 1 unspecified atom stereocenters. The van der Waals surface area contributed by atoms with Crippen LogP contribution in [0.5, 0.6) is 0 Å². The number of benzene rings is 10. The van der Waals surface area contributed by atoms with Crippen LogP contribution in [0.4, 0.5) is 17.1 Å². The molecule has 0 fully saturated rings. The lowest BCUT2D eigenvalue weighted by molar-refractivity contribution is 0.669. The maximum atomic E-state index is 6.52. The topological polar surface area (TPSA) is 16.4 Å². The van der Waals surface area contributed by atoms with E-state index in [-0.39, 0.29) is 0 Å². The van der Waals surface area contributed by atoms with E-state index in [2.05, 4.69) is 223 Å². The van der Waals surface area contributed by atoms with Gasteiger partial charge in [-0.25, -0.2) is 0 Å². The largest absolute Gasteiger partial charge is 0.456 e. The van der Waals surface area contributed by atoms with Gasteiger partial charge in [-0.15, -0.1) is 0 Å². The molecule has 1 atom stereocenters. The third-order valence-corrected chi connectivity index (χ3v) is 13.3. The van der Waals surface area contributed by atoms with Crippen molar-refractivity contribution in [3.63, 3.8) is 0 Å². The molecular formula is C59H37NO. The summed E-state index contributed by atoms with van der Waals surface area (Å²) in [4.78, 5) is 2.44. The molecule has 0 saturated heterocycles. The van der Waals surface area contributed by atoms with Crippen LogP contribution in [-0.4, -0.2) is 0 Å². The Morgan fingerprint density at radius 3 is 1.69 bits per heavy atom. The lowest BCUT2D eigenvalue weighted by atomic mass is 9.70. The van der Waals surface area contributed by atoms with E-state index in [1.165, 1.54) is 77.5 Å². The van der Waals surface area contributed by atoms with Crippen LogP contribution in [0.15, 0.2) is 229 Å². The average Bonchev–Trinajstić information content (AvgIpc) is 3.96. The molecule has 0 amide bonds. The number of hydrogen-bond acceptors (Lipinski definition) is 2. The van der Waals surface area contributed by atoms with Gasteiger partial charge in [0, 0.05) is 16.8 Å². The fourth-order valence-corrected chi connectivity index (χ4v) is 10.6. The highest BCUT2D eigenvalue weighted by atomic mass is 16.3. The van der Waals surface area contributed by atoms with Crippen LogP contribution in [-0.2, 0) is 5.41 Å². The van der Waals surface area contributed by atoms with Gasteiger partial charge in [0.2, 0.25) is 0 Å². The third kappa shape index (κ3) is 4.91. The first kappa shape index (κ1) is 34.0. The Hall–Kier alpha value is -7.94. The second-order valence-electron chi connectivity index (χ2n) is 16.4. The van der Waals surface area contributed by atoms with Crippen LogP contribution in [0.3, 0.4) is 0 Å². The van der Waals surface area contributed by atoms with Crippen LogP contribution < -0.4 is 4.90 Å². The van der Waals surface area contributed by atoms with Gasteiger partial charge in [-0.2, -0.15) is 0 Å². The lowest BCUT2D eigenvalue weighted by Gasteiger charge is -2.32. The Morgan fingerprint density at radius 2 is 0.885 bits per heavy atom. The molecule has 2 heteroatoms. The van der Waals surface area contributed by atoms with Crippen LogP contribution in [0.1, 0.15) is 22.3 Å². The highest BCUT2D eigenvalue weighted by Gasteiger charge is 2.52. The Labute approximate surface area is 354 Å². The molecule has 0 radical (unpaired) electrons. The molecule has 0 saturated carbocycles. The molecule has 11 aromatic rings. The summed E-state index contributed by atoms with van der Waals surface area (Å²) in [5.41, 5.74) is 19.7. The van der Waals surface area contributed by atoms with Gasteiger partial charge in [0.05, 0.1) is 16.5 Å². The summed E-state index contributed by atoms with van der Waals surface area (Å²) in [7, 11) is 0. The van der Waals surface area contributed by atoms with Crippen LogP contribution in [0.2, 0.25) is 0 Å². The zero-order valence-electron chi connectivity index (χ0n) is 33.2. The summed E-state index contributed by atoms with van der Waals surface area (Å²) in [5.74, 6) is 0. The number of hydrogen-bond donors (Lipinski definition) is 0. The van der Waals surface area contributed by atoms with E-state index in [1.54, 1.807) is 0 Å². The van der Waals surface area contributed by atoms with Crippen molar-refractivity contribution in [2.45, 2.75) is 5.41 Å². The first-order valence-corrected chi connectivity index (χ1v) is 21.1. The SMILES string of the molecule is c1ccc(-c2ccc3c(c2)C2(c4ccccc4-3)c3ccccc3-c3ccc(N(c4ccc(-c5ccc6ccccc6c5)cc4)c4cccc5oc6ccccc6c45)cc32)cc1. The molecule has 0 bridgehead atoms. The standard InChI is InChI=1S/C59H37NO/c1-2-13-38(14-3-1)43-29-33-48-46-17-6-9-20-51(46)59(53(48)36-43)52-21-10-7-18-47(52)49-34-32-45(37-54(49)59)60(55-22-12-24-57-58(55)50-19-8-11-23-56(50)61-57)44-30-27-40(28-31-44)42-26-25-39-15-4-5-16-41(39)35-42/h1-37H. The first-order valence-electron chi connectivity index (χ1n) is 21.1. The molecule has 61 heavy (non-hydrogen) atoms. The van der Waals surface area contributed by atoms with Gasteiger partial charge in [-0.05, 0) is 132 Å². The van der Waals surface area contributed by atoms with E-state index in [9.17, 15) is 0 Å². The molecule has 0 N–H and O–H groups in total. The molecule has 10 aromatic carbocycles. The molecule has 1 spiro atoms. The minimum atomic E-state index is -0.515. The second kappa shape index (κ2) is 13.0. The molecular weight excluding hydrogens is 739 g/mol. The van der Waals surface area contributed by atoms with Crippen molar-refractivity contribution in [2.24, 2.45) is 0 Å². The van der Waals surface area contributed by atoms with E-state index in [1.807, 2.05) is 6.07 Å². The summed E-state index contributed by atoms with van der Waals surface area (Å²) in [6, 6.07) is 82.4. The average molecular weight is 776 g/mol. The number of anilines is 3. The summed E-state index contributed by atoms with van der Waals surface area (Å²) in [5, 5.41) is 4.68. The van der Waals surface area contributed by atoms with Gasteiger partial charge < -0.3 is 9.32 Å². The van der Waals surface area contributed by atoms with Gasteiger partial charge >= 0.3 is 0 Å². The number of para-hydroxylation sites is 1. The molecule has 1 heterocycles. The van der Waals surface area contributed by atoms with Gasteiger partial charge in [0.15, 0.2) is 0 Å². The maximum Gasteiger partial charge on any atom is 0.137 e. The van der Waals surface area contributed by atoms with Gasteiger partial charge in [-0.3, -0.25) is 0 Å². The first-order chi connectivity index (χ1) is 30.2. The molecule has 2 aliphatic carbocycles. The molecule has 13 rings (SSSR count). The Bertz CT molecular complexity index is 3530. The van der Waals surface area contributed by atoms with E-state index >= 15 is 0 Å². The van der Waals surface area contributed by atoms with Crippen molar-refractivity contribution in [1.29, 1.82) is 0 Å². The molecule has 2 aliphatic rings. The summed E-state index contributed by atoms with van der Waals surface area (Å²) in [6.45, 7) is 0. The van der Waals surface area contributed by atoms with Crippen LogP contribution in [0, 0.1) is 0 Å². The number of furan rings is 1. The van der Waals surface area contributed by atoms with E-state index in [4.69, 9.17) is 4.42 Å². The Balaban J connectivity index is 1.06. The van der Waals surface area contributed by atoms with E-state index in [0.717, 1.165) is 39.0 Å². The monoisotopic (exact) mass is 775 g/mol. The predicted octanol–water partition coefficient (Wildman–Crippen LogP) is 15.9. The zero-order chi connectivity index (χ0) is 40.1. The van der Waals surface area contributed by atoms with Gasteiger partial charge in [0.1, 0.15) is 11.2 Å². The molecule has 0 aliphatic heterocycles. The zero-order valence-corrected chi connectivity index (χ0v) is 33.2.